The van der Waals surface area contributed by atoms with Gasteiger partial charge in [0.05, 0.1) is 11.7 Å². The van der Waals surface area contributed by atoms with Crippen molar-refractivity contribution in [2.75, 3.05) is 19.8 Å². The van der Waals surface area contributed by atoms with Crippen molar-refractivity contribution in [2.45, 2.75) is 84.8 Å². The van der Waals surface area contributed by atoms with Gasteiger partial charge in [0.2, 0.25) is 0 Å². The number of hydrogen-bond donors (Lipinski definition) is 1. The second-order valence-electron chi connectivity index (χ2n) is 6.93. The number of ether oxygens (including phenoxy) is 2. The van der Waals surface area contributed by atoms with E-state index in [4.69, 9.17) is 9.47 Å². The van der Waals surface area contributed by atoms with Gasteiger partial charge in [0.15, 0.2) is 0 Å². The Hall–Kier alpha value is -0.120. The molecule has 0 radical (unpaired) electrons. The van der Waals surface area contributed by atoms with Gasteiger partial charge in [-0.1, -0.05) is 27.7 Å². The summed E-state index contributed by atoms with van der Waals surface area (Å²) < 4.78 is 12.0. The lowest BCUT2D eigenvalue weighted by Crippen LogP contribution is -2.31. The molecule has 0 aromatic heterocycles. The zero-order valence-electron chi connectivity index (χ0n) is 14.8. The van der Waals surface area contributed by atoms with Gasteiger partial charge in [-0.3, -0.25) is 0 Å². The summed E-state index contributed by atoms with van der Waals surface area (Å²) in [6.07, 6.45) is 6.78. The molecule has 3 heteroatoms. The Balaban J connectivity index is 2.10. The van der Waals surface area contributed by atoms with Crippen LogP contribution in [0.5, 0.6) is 0 Å². The summed E-state index contributed by atoms with van der Waals surface area (Å²) >= 11 is 0. The number of aliphatic hydroxyl groups excluding tert-OH is 1. The minimum absolute atomic E-state index is 0.00804. The summed E-state index contributed by atoms with van der Waals surface area (Å²) in [6, 6.07) is 0. The SMILES string of the molecule is CCC(C)(CC)C(C)OCCCCOC1(CC)CC1CO. The molecule has 0 aliphatic heterocycles. The minimum atomic E-state index is -0.00804. The molecule has 1 aliphatic rings. The van der Waals surface area contributed by atoms with Crippen LogP contribution in [0.1, 0.15) is 73.1 Å². The molecule has 1 fully saturated rings. The molecule has 3 atom stereocenters. The Kier molecular flexibility index (Phi) is 7.66. The molecule has 1 saturated carbocycles. The maximum atomic E-state index is 9.20. The van der Waals surface area contributed by atoms with Crippen molar-refractivity contribution < 1.29 is 14.6 Å². The largest absolute Gasteiger partial charge is 0.396 e. The van der Waals surface area contributed by atoms with Crippen molar-refractivity contribution in [2.24, 2.45) is 11.3 Å². The third-order valence-corrected chi connectivity index (χ3v) is 5.89. The van der Waals surface area contributed by atoms with Crippen LogP contribution in [0.3, 0.4) is 0 Å². The molecule has 0 saturated heterocycles. The number of aliphatic hydroxyl groups is 1. The van der Waals surface area contributed by atoms with Crippen LogP contribution in [-0.4, -0.2) is 36.6 Å². The monoisotopic (exact) mass is 300 g/mol. The zero-order chi connectivity index (χ0) is 15.9. The van der Waals surface area contributed by atoms with E-state index in [-0.39, 0.29) is 12.2 Å². The van der Waals surface area contributed by atoms with Gasteiger partial charge in [-0.25, -0.2) is 0 Å². The molecule has 0 spiro atoms. The molecule has 1 N–H and O–H groups in total. The van der Waals surface area contributed by atoms with Gasteiger partial charge >= 0.3 is 0 Å². The van der Waals surface area contributed by atoms with Crippen molar-refractivity contribution in [3.05, 3.63) is 0 Å². The average Bonchev–Trinajstić information content (AvgIpc) is 3.23. The van der Waals surface area contributed by atoms with E-state index < -0.39 is 0 Å². The topological polar surface area (TPSA) is 38.7 Å². The molecule has 0 aromatic carbocycles. The standard InChI is InChI=1S/C18H36O3/c1-6-17(5,7-2)15(4)20-11-9-10-12-21-18(8-3)13-16(18)14-19/h15-16,19H,6-14H2,1-5H3. The fraction of sp³-hybridized carbons (Fsp3) is 1.00. The molecular formula is C18H36O3. The smallest absolute Gasteiger partial charge is 0.0735 e. The first-order valence-corrected chi connectivity index (χ1v) is 8.84. The summed E-state index contributed by atoms with van der Waals surface area (Å²) in [5.74, 6) is 0.369. The fourth-order valence-electron chi connectivity index (χ4n) is 3.07. The normalized spacial score (nSPS) is 26.9. The quantitative estimate of drug-likeness (QED) is 0.550. The van der Waals surface area contributed by atoms with E-state index >= 15 is 0 Å². The van der Waals surface area contributed by atoms with E-state index in [1.54, 1.807) is 0 Å². The Labute approximate surface area is 131 Å². The Morgan fingerprint density at radius 3 is 2.29 bits per heavy atom. The van der Waals surface area contributed by atoms with Crippen LogP contribution in [0.4, 0.5) is 0 Å². The lowest BCUT2D eigenvalue weighted by Gasteiger charge is -2.33. The first-order chi connectivity index (χ1) is 9.98. The molecule has 126 valence electrons. The van der Waals surface area contributed by atoms with E-state index in [2.05, 4.69) is 34.6 Å². The number of rotatable bonds is 12. The first kappa shape index (κ1) is 18.9. The maximum absolute atomic E-state index is 9.20. The highest BCUT2D eigenvalue weighted by molar-refractivity contribution is 5.03. The summed E-state index contributed by atoms with van der Waals surface area (Å²) in [5, 5.41) is 9.20. The molecule has 0 heterocycles. The third kappa shape index (κ3) is 4.94. The van der Waals surface area contributed by atoms with Crippen LogP contribution in [0.2, 0.25) is 0 Å². The van der Waals surface area contributed by atoms with Crippen molar-refractivity contribution in [3.63, 3.8) is 0 Å². The van der Waals surface area contributed by atoms with E-state index in [0.717, 1.165) is 51.7 Å². The van der Waals surface area contributed by atoms with Crippen molar-refractivity contribution in [1.82, 2.24) is 0 Å². The van der Waals surface area contributed by atoms with Crippen LogP contribution < -0.4 is 0 Å². The summed E-state index contributed by atoms with van der Waals surface area (Å²) in [4.78, 5) is 0. The predicted molar refractivity (Wildman–Crippen MR) is 87.5 cm³/mol. The molecule has 0 aromatic rings. The Morgan fingerprint density at radius 1 is 1.19 bits per heavy atom. The highest BCUT2D eigenvalue weighted by Crippen LogP contribution is 2.49. The fourth-order valence-corrected chi connectivity index (χ4v) is 3.07. The van der Waals surface area contributed by atoms with Gasteiger partial charge in [-0.15, -0.1) is 0 Å². The van der Waals surface area contributed by atoms with E-state index in [0.29, 0.717) is 17.4 Å². The minimum Gasteiger partial charge on any atom is -0.396 e. The Bertz CT molecular complexity index is 288. The van der Waals surface area contributed by atoms with E-state index in [9.17, 15) is 5.11 Å². The van der Waals surface area contributed by atoms with Gasteiger partial charge in [-0.05, 0) is 50.9 Å². The first-order valence-electron chi connectivity index (χ1n) is 8.84. The van der Waals surface area contributed by atoms with Gasteiger partial charge in [0.25, 0.3) is 0 Å². The van der Waals surface area contributed by atoms with Crippen molar-refractivity contribution >= 4 is 0 Å². The van der Waals surface area contributed by atoms with Crippen LogP contribution in [0.25, 0.3) is 0 Å². The molecule has 0 amide bonds. The van der Waals surface area contributed by atoms with Crippen LogP contribution >= 0.6 is 0 Å². The summed E-state index contributed by atoms with van der Waals surface area (Å²) in [7, 11) is 0. The summed E-state index contributed by atoms with van der Waals surface area (Å²) in [6.45, 7) is 13.0. The highest BCUT2D eigenvalue weighted by Gasteiger charge is 2.53. The zero-order valence-corrected chi connectivity index (χ0v) is 14.8. The highest BCUT2D eigenvalue weighted by atomic mass is 16.5. The second kappa shape index (κ2) is 8.50. The van der Waals surface area contributed by atoms with Crippen LogP contribution in [0, 0.1) is 11.3 Å². The summed E-state index contributed by atoms with van der Waals surface area (Å²) in [5.41, 5.74) is 0.289. The molecule has 1 aliphatic carbocycles. The predicted octanol–water partition coefficient (Wildman–Crippen LogP) is 4.18. The van der Waals surface area contributed by atoms with Gasteiger partial charge in [-0.2, -0.15) is 0 Å². The van der Waals surface area contributed by atoms with Crippen molar-refractivity contribution in [1.29, 1.82) is 0 Å². The maximum Gasteiger partial charge on any atom is 0.0735 e. The Morgan fingerprint density at radius 2 is 1.81 bits per heavy atom. The lowest BCUT2D eigenvalue weighted by molar-refractivity contribution is -0.0327. The molecule has 3 nitrogen and oxygen atoms in total. The van der Waals surface area contributed by atoms with Crippen LogP contribution in [-0.2, 0) is 9.47 Å². The molecule has 1 rings (SSSR count). The second-order valence-corrected chi connectivity index (χ2v) is 6.93. The van der Waals surface area contributed by atoms with E-state index in [1.807, 2.05) is 0 Å². The lowest BCUT2D eigenvalue weighted by atomic mass is 9.80. The van der Waals surface area contributed by atoms with Gasteiger partial charge in [0, 0.05) is 25.7 Å². The number of hydrogen-bond acceptors (Lipinski definition) is 3. The van der Waals surface area contributed by atoms with Gasteiger partial charge < -0.3 is 14.6 Å². The third-order valence-electron chi connectivity index (χ3n) is 5.89. The molecular weight excluding hydrogens is 264 g/mol. The number of unbranched alkanes of at least 4 members (excludes halogenated alkanes) is 1. The van der Waals surface area contributed by atoms with E-state index in [1.165, 1.54) is 0 Å². The molecule has 3 unspecified atom stereocenters. The average molecular weight is 300 g/mol. The molecule has 0 bridgehead atoms. The van der Waals surface area contributed by atoms with Crippen LogP contribution in [0.15, 0.2) is 0 Å². The van der Waals surface area contributed by atoms with Crippen molar-refractivity contribution in [3.8, 4) is 0 Å². The van der Waals surface area contributed by atoms with Gasteiger partial charge in [0.1, 0.15) is 0 Å². The molecule has 21 heavy (non-hydrogen) atoms.